The number of methoxy groups -OCH3 is 1. The van der Waals surface area contributed by atoms with Crippen LogP contribution in [-0.2, 0) is 26.2 Å². The monoisotopic (exact) mass is 529 g/mol. The van der Waals surface area contributed by atoms with E-state index in [1.54, 1.807) is 31.4 Å². The van der Waals surface area contributed by atoms with Crippen LogP contribution in [0.3, 0.4) is 0 Å². The molecule has 0 fully saturated rings. The molecule has 1 heterocycles. The van der Waals surface area contributed by atoms with Crippen molar-refractivity contribution in [1.29, 1.82) is 0 Å². The highest BCUT2D eigenvalue weighted by atomic mass is 32.2. The highest BCUT2D eigenvalue weighted by Gasteiger charge is 2.40. The van der Waals surface area contributed by atoms with Crippen LogP contribution < -0.4 is 10.1 Å². The normalized spacial score (nSPS) is 14.7. The molecular weight excluding hydrogens is 494 g/mol. The van der Waals surface area contributed by atoms with Gasteiger partial charge in [-0.3, -0.25) is 14.4 Å². The van der Waals surface area contributed by atoms with Crippen LogP contribution in [0.15, 0.2) is 53.4 Å². The van der Waals surface area contributed by atoms with Crippen LogP contribution in [0.1, 0.15) is 61.9 Å². The van der Waals surface area contributed by atoms with E-state index in [4.69, 9.17) is 4.74 Å². The fourth-order valence-corrected chi connectivity index (χ4v) is 5.93. The molecule has 2 aromatic carbocycles. The minimum Gasteiger partial charge on any atom is -0.497 e. The van der Waals surface area contributed by atoms with Crippen molar-refractivity contribution in [2.45, 2.75) is 63.4 Å². The number of fused-ring (bicyclic) bond motifs is 1. The summed E-state index contributed by atoms with van der Waals surface area (Å²) in [5.41, 5.74) is 0.978. The fourth-order valence-electron chi connectivity index (χ4n) is 4.32. The summed E-state index contributed by atoms with van der Waals surface area (Å²) < 4.78 is 31.7. The maximum Gasteiger partial charge on any atom is 0.269 e. The summed E-state index contributed by atoms with van der Waals surface area (Å²) in [4.78, 5) is 40.6. The second kappa shape index (κ2) is 12.7. The lowest BCUT2D eigenvalue weighted by Crippen LogP contribution is -2.49. The van der Waals surface area contributed by atoms with Gasteiger partial charge in [-0.15, -0.1) is 0 Å². The number of hydrogen-bond donors (Lipinski definition) is 1. The second-order valence-electron chi connectivity index (χ2n) is 8.92. The maximum absolute atomic E-state index is 13.4. The molecule has 2 aromatic rings. The third-order valence-electron chi connectivity index (χ3n) is 6.39. The minimum atomic E-state index is -3.93. The molecule has 0 unspecified atom stereocenters. The van der Waals surface area contributed by atoms with Crippen LogP contribution in [-0.4, -0.2) is 61.6 Å². The largest absolute Gasteiger partial charge is 0.497 e. The third kappa shape index (κ3) is 6.49. The Morgan fingerprint density at radius 3 is 2.38 bits per heavy atom. The smallest absolute Gasteiger partial charge is 0.269 e. The third-order valence-corrected chi connectivity index (χ3v) is 8.23. The molecule has 0 spiro atoms. The van der Waals surface area contributed by atoms with Gasteiger partial charge < -0.3 is 15.0 Å². The number of sulfonamides is 1. The summed E-state index contributed by atoms with van der Waals surface area (Å²) in [6, 6.07) is 12.7. The van der Waals surface area contributed by atoms with E-state index in [2.05, 4.69) is 5.32 Å². The first kappa shape index (κ1) is 28.2. The van der Waals surface area contributed by atoms with E-state index >= 15 is 0 Å². The molecule has 1 N–H and O–H groups in total. The lowest BCUT2D eigenvalue weighted by atomic mass is 10.1. The molecule has 9 nitrogen and oxygen atoms in total. The molecule has 3 rings (SSSR count). The van der Waals surface area contributed by atoms with E-state index in [1.807, 2.05) is 26.0 Å². The van der Waals surface area contributed by atoms with Crippen LogP contribution in [0.4, 0.5) is 0 Å². The Labute approximate surface area is 218 Å². The van der Waals surface area contributed by atoms with Gasteiger partial charge in [-0.25, -0.2) is 12.7 Å². The molecule has 200 valence electrons. The van der Waals surface area contributed by atoms with Crippen molar-refractivity contribution >= 4 is 27.7 Å². The molecular formula is C27H35N3O6S. The van der Waals surface area contributed by atoms with Gasteiger partial charge in [0.25, 0.3) is 15.9 Å². The predicted molar refractivity (Wildman–Crippen MR) is 139 cm³/mol. The average molecular weight is 530 g/mol. The van der Waals surface area contributed by atoms with Crippen LogP contribution in [0.5, 0.6) is 5.75 Å². The van der Waals surface area contributed by atoms with Crippen molar-refractivity contribution in [1.82, 2.24) is 14.5 Å². The Bertz CT molecular complexity index is 1210. The quantitative estimate of drug-likeness (QED) is 0.398. The highest BCUT2D eigenvalue weighted by Crippen LogP contribution is 2.30. The maximum atomic E-state index is 13.4. The highest BCUT2D eigenvalue weighted by molar-refractivity contribution is 7.90. The number of unbranched alkanes of at least 4 members (excludes halogenated alkanes) is 1. The standard InChI is InChI=1S/C27H35N3O6S/c1-4-6-17-28-26(32)23(5-2)29(19-20-13-15-21(36-3)16-14-20)25(31)12-9-18-30-27(33)22-10-7-8-11-24(22)37(30,34)35/h7-8,10-11,13-16,23H,4-6,9,12,17-19H2,1-3H3,(H,28,32)/t23-/m0/s1. The summed E-state index contributed by atoms with van der Waals surface area (Å²) in [7, 11) is -2.36. The number of carbonyl (C=O) groups excluding carboxylic acids is 3. The van der Waals surface area contributed by atoms with Crippen LogP contribution in [0.25, 0.3) is 0 Å². The van der Waals surface area contributed by atoms with Gasteiger partial charge in [0.05, 0.1) is 12.7 Å². The van der Waals surface area contributed by atoms with E-state index < -0.39 is 22.0 Å². The Hall–Kier alpha value is -3.40. The Morgan fingerprint density at radius 1 is 1.05 bits per heavy atom. The molecule has 1 atom stereocenters. The summed E-state index contributed by atoms with van der Waals surface area (Å²) in [5, 5.41) is 2.92. The molecule has 0 bridgehead atoms. The van der Waals surface area contributed by atoms with E-state index in [1.165, 1.54) is 17.0 Å². The number of amides is 3. The SMILES string of the molecule is CCCCNC(=O)[C@H](CC)N(Cc1ccc(OC)cc1)C(=O)CCCN1C(=O)c2ccccc2S1(=O)=O. The van der Waals surface area contributed by atoms with Gasteiger partial charge in [0.1, 0.15) is 16.7 Å². The molecule has 0 radical (unpaired) electrons. The first-order valence-electron chi connectivity index (χ1n) is 12.6. The summed E-state index contributed by atoms with van der Waals surface area (Å²) >= 11 is 0. The molecule has 0 aromatic heterocycles. The van der Waals surface area contributed by atoms with Crippen molar-refractivity contribution < 1.29 is 27.5 Å². The van der Waals surface area contributed by atoms with Crippen molar-refractivity contribution in [2.75, 3.05) is 20.2 Å². The lowest BCUT2D eigenvalue weighted by molar-refractivity contribution is -0.141. The second-order valence-corrected chi connectivity index (χ2v) is 10.8. The van der Waals surface area contributed by atoms with Crippen molar-refractivity contribution in [3.63, 3.8) is 0 Å². The number of nitrogens with one attached hydrogen (secondary N) is 1. The number of benzene rings is 2. The van der Waals surface area contributed by atoms with E-state index in [9.17, 15) is 22.8 Å². The van der Waals surface area contributed by atoms with Gasteiger partial charge in [-0.05, 0) is 49.1 Å². The fraction of sp³-hybridized carbons (Fsp3) is 0.444. The predicted octanol–water partition coefficient (Wildman–Crippen LogP) is 3.34. The van der Waals surface area contributed by atoms with E-state index in [0.29, 0.717) is 18.7 Å². The zero-order valence-electron chi connectivity index (χ0n) is 21.6. The summed E-state index contributed by atoms with van der Waals surface area (Å²) in [6.07, 6.45) is 2.34. The molecule has 1 aliphatic rings. The van der Waals surface area contributed by atoms with Gasteiger partial charge in [0.15, 0.2) is 0 Å². The Kier molecular flexibility index (Phi) is 9.68. The summed E-state index contributed by atoms with van der Waals surface area (Å²) in [6.45, 7) is 4.52. The van der Waals surface area contributed by atoms with Gasteiger partial charge in [-0.2, -0.15) is 0 Å². The van der Waals surface area contributed by atoms with Gasteiger partial charge >= 0.3 is 0 Å². The van der Waals surface area contributed by atoms with E-state index in [0.717, 1.165) is 22.7 Å². The zero-order chi connectivity index (χ0) is 27.0. The number of carbonyl (C=O) groups is 3. The number of rotatable bonds is 13. The molecule has 1 aliphatic heterocycles. The molecule has 0 saturated carbocycles. The first-order valence-corrected chi connectivity index (χ1v) is 14.0. The van der Waals surface area contributed by atoms with Crippen molar-refractivity contribution in [2.24, 2.45) is 0 Å². The Balaban J connectivity index is 1.73. The van der Waals surface area contributed by atoms with Crippen LogP contribution in [0, 0.1) is 0 Å². The van der Waals surface area contributed by atoms with Crippen LogP contribution >= 0.6 is 0 Å². The number of nitrogens with zero attached hydrogens (tertiary/aromatic N) is 2. The molecule has 3 amide bonds. The van der Waals surface area contributed by atoms with Gasteiger partial charge in [-0.1, -0.05) is 44.5 Å². The first-order chi connectivity index (χ1) is 17.7. The number of hydrogen-bond acceptors (Lipinski definition) is 6. The van der Waals surface area contributed by atoms with E-state index in [-0.39, 0.29) is 48.2 Å². The lowest BCUT2D eigenvalue weighted by Gasteiger charge is -2.31. The minimum absolute atomic E-state index is 0.00938. The van der Waals surface area contributed by atoms with Gasteiger partial charge in [0.2, 0.25) is 11.8 Å². The number of ether oxygens (including phenoxy) is 1. The topological polar surface area (TPSA) is 113 Å². The zero-order valence-corrected chi connectivity index (χ0v) is 22.4. The molecule has 0 aliphatic carbocycles. The van der Waals surface area contributed by atoms with Gasteiger partial charge in [0, 0.05) is 26.1 Å². The molecule has 37 heavy (non-hydrogen) atoms. The average Bonchev–Trinajstić information content (AvgIpc) is 3.09. The molecule has 0 saturated heterocycles. The summed E-state index contributed by atoms with van der Waals surface area (Å²) in [5.74, 6) is -0.399. The molecule has 10 heteroatoms. The van der Waals surface area contributed by atoms with Crippen molar-refractivity contribution in [3.8, 4) is 5.75 Å². The van der Waals surface area contributed by atoms with Crippen molar-refractivity contribution in [3.05, 3.63) is 59.7 Å². The Morgan fingerprint density at radius 2 is 1.76 bits per heavy atom. The van der Waals surface area contributed by atoms with Crippen LogP contribution in [0.2, 0.25) is 0 Å².